The van der Waals surface area contributed by atoms with Crippen LogP contribution >= 0.6 is 11.6 Å². The number of hydrogen-bond acceptors (Lipinski definition) is 6. The third-order valence-corrected chi connectivity index (χ3v) is 5.74. The molecular weight excluding hydrogens is 420 g/mol. The number of Topliss-reactive ketones (excluding diaryl/α,β-unsaturated/α-hetero) is 1. The zero-order valence-corrected chi connectivity index (χ0v) is 18.3. The number of benzene rings is 2. The topological polar surface area (TPSA) is 79.3 Å². The van der Waals surface area contributed by atoms with Crippen LogP contribution in [0.4, 0.5) is 5.69 Å². The second kappa shape index (κ2) is 8.30. The van der Waals surface area contributed by atoms with Gasteiger partial charge in [0.2, 0.25) is 0 Å². The number of aromatic hydroxyl groups is 1. The first-order valence-corrected chi connectivity index (χ1v) is 10.6. The first-order chi connectivity index (χ1) is 14.7. The van der Waals surface area contributed by atoms with Gasteiger partial charge in [0, 0.05) is 49.0 Å². The maximum Gasteiger partial charge on any atom is 0.260 e. The van der Waals surface area contributed by atoms with Crippen molar-refractivity contribution < 1.29 is 24.2 Å². The van der Waals surface area contributed by atoms with Gasteiger partial charge in [0.25, 0.3) is 5.91 Å². The second-order valence-electron chi connectivity index (χ2n) is 8.41. The van der Waals surface area contributed by atoms with E-state index in [2.05, 4.69) is 4.90 Å². The van der Waals surface area contributed by atoms with Crippen molar-refractivity contribution in [3.8, 4) is 17.2 Å². The van der Waals surface area contributed by atoms with Crippen molar-refractivity contribution in [3.05, 3.63) is 47.0 Å². The summed E-state index contributed by atoms with van der Waals surface area (Å²) in [5, 5.41) is 11.0. The van der Waals surface area contributed by atoms with Gasteiger partial charge < -0.3 is 24.4 Å². The zero-order chi connectivity index (χ0) is 22.2. The minimum absolute atomic E-state index is 0.134. The summed E-state index contributed by atoms with van der Waals surface area (Å²) < 4.78 is 11.5. The fraction of sp³-hybridized carbons (Fsp3) is 0.391. The number of ether oxygens (including phenoxy) is 2. The van der Waals surface area contributed by atoms with Gasteiger partial charge in [0.15, 0.2) is 12.4 Å². The Balaban J connectivity index is 1.35. The van der Waals surface area contributed by atoms with Gasteiger partial charge in [-0.2, -0.15) is 0 Å². The summed E-state index contributed by atoms with van der Waals surface area (Å²) in [6.07, 6.45) is 0.189. The van der Waals surface area contributed by atoms with E-state index in [1.165, 1.54) is 6.07 Å². The molecule has 2 aromatic rings. The number of amides is 1. The van der Waals surface area contributed by atoms with Crippen molar-refractivity contribution in [2.24, 2.45) is 0 Å². The van der Waals surface area contributed by atoms with Crippen LogP contribution in [0, 0.1) is 0 Å². The van der Waals surface area contributed by atoms with Crippen molar-refractivity contribution >= 4 is 29.0 Å². The molecule has 8 heteroatoms. The monoisotopic (exact) mass is 444 g/mol. The van der Waals surface area contributed by atoms with Crippen LogP contribution in [0.3, 0.4) is 0 Å². The molecule has 1 fully saturated rings. The maximum absolute atomic E-state index is 12.6. The van der Waals surface area contributed by atoms with Gasteiger partial charge in [0.05, 0.1) is 6.42 Å². The molecule has 2 aromatic carbocycles. The van der Waals surface area contributed by atoms with E-state index >= 15 is 0 Å². The van der Waals surface area contributed by atoms with E-state index in [0.29, 0.717) is 18.1 Å². The van der Waals surface area contributed by atoms with Crippen molar-refractivity contribution in [1.82, 2.24) is 4.90 Å². The number of nitrogens with zero attached hydrogens (tertiary/aromatic N) is 2. The largest absolute Gasteiger partial charge is 0.507 e. The molecule has 1 saturated heterocycles. The molecule has 0 bridgehead atoms. The van der Waals surface area contributed by atoms with E-state index in [-0.39, 0.29) is 47.5 Å². The van der Waals surface area contributed by atoms with Crippen LogP contribution in [0.1, 0.15) is 30.6 Å². The standard InChI is InChI=1S/C23H25ClN2O5/c1-23(2)13-19(28)22-18(27)11-17(12-20(22)31-23)30-14-21(29)26-9-7-25(8-10-26)16-5-3-15(24)4-6-16/h3-6,11-12,27H,7-10,13-14H2,1-2H3. The second-order valence-corrected chi connectivity index (χ2v) is 8.85. The molecule has 0 aromatic heterocycles. The van der Waals surface area contributed by atoms with Gasteiger partial charge in [-0.05, 0) is 38.1 Å². The summed E-state index contributed by atoms with van der Waals surface area (Å²) in [7, 11) is 0. The lowest BCUT2D eigenvalue weighted by Crippen LogP contribution is -2.50. The lowest BCUT2D eigenvalue weighted by molar-refractivity contribution is -0.133. The molecule has 164 valence electrons. The van der Waals surface area contributed by atoms with Crippen LogP contribution in [-0.2, 0) is 4.79 Å². The predicted octanol–water partition coefficient (Wildman–Crippen LogP) is 3.52. The third-order valence-electron chi connectivity index (χ3n) is 5.49. The number of ketones is 1. The molecule has 0 radical (unpaired) electrons. The Kier molecular flexibility index (Phi) is 5.71. The van der Waals surface area contributed by atoms with Crippen LogP contribution < -0.4 is 14.4 Å². The molecule has 7 nitrogen and oxygen atoms in total. The van der Waals surface area contributed by atoms with E-state index in [4.69, 9.17) is 21.1 Å². The minimum Gasteiger partial charge on any atom is -0.507 e. The lowest BCUT2D eigenvalue weighted by Gasteiger charge is -2.36. The highest BCUT2D eigenvalue weighted by Gasteiger charge is 2.35. The number of phenols is 1. The number of anilines is 1. The Bertz CT molecular complexity index is 998. The van der Waals surface area contributed by atoms with E-state index < -0.39 is 5.60 Å². The van der Waals surface area contributed by atoms with Crippen LogP contribution in [0.25, 0.3) is 0 Å². The molecular formula is C23H25ClN2O5. The molecule has 2 aliphatic rings. The fourth-order valence-electron chi connectivity index (χ4n) is 3.93. The van der Waals surface area contributed by atoms with Crippen molar-refractivity contribution in [2.75, 3.05) is 37.7 Å². The molecule has 2 heterocycles. The minimum atomic E-state index is -0.658. The number of piperazine rings is 1. The molecule has 4 rings (SSSR count). The number of carbonyl (C=O) groups is 2. The number of carbonyl (C=O) groups excluding carboxylic acids is 2. The number of fused-ring (bicyclic) bond motifs is 1. The number of rotatable bonds is 4. The van der Waals surface area contributed by atoms with Crippen LogP contribution in [0.5, 0.6) is 17.2 Å². The Morgan fingerprint density at radius 3 is 2.52 bits per heavy atom. The quantitative estimate of drug-likeness (QED) is 0.777. The average Bonchev–Trinajstić information content (AvgIpc) is 2.71. The first kappa shape index (κ1) is 21.3. The maximum atomic E-state index is 12.6. The Morgan fingerprint density at radius 1 is 1.16 bits per heavy atom. The van der Waals surface area contributed by atoms with Crippen molar-refractivity contribution in [2.45, 2.75) is 25.9 Å². The summed E-state index contributed by atoms with van der Waals surface area (Å²) in [6, 6.07) is 10.6. The number of halogens is 1. The number of hydrogen-bond donors (Lipinski definition) is 1. The molecule has 1 N–H and O–H groups in total. The SMILES string of the molecule is CC1(C)CC(=O)c2c(O)cc(OCC(=O)N3CCN(c4ccc(Cl)cc4)CC3)cc2O1. The predicted molar refractivity (Wildman–Crippen MR) is 118 cm³/mol. The summed E-state index contributed by atoms with van der Waals surface area (Å²) >= 11 is 5.95. The smallest absolute Gasteiger partial charge is 0.260 e. The fourth-order valence-corrected chi connectivity index (χ4v) is 4.06. The summed E-state index contributed by atoms with van der Waals surface area (Å²) in [5.41, 5.74) is 0.584. The Morgan fingerprint density at radius 2 is 1.84 bits per heavy atom. The highest BCUT2D eigenvalue weighted by molar-refractivity contribution is 6.30. The Hall–Kier alpha value is -2.93. The molecule has 1 amide bonds. The lowest BCUT2D eigenvalue weighted by atomic mass is 9.92. The van der Waals surface area contributed by atoms with Gasteiger partial charge in [0.1, 0.15) is 28.4 Å². The van der Waals surface area contributed by atoms with Crippen LogP contribution in [0.2, 0.25) is 5.02 Å². The first-order valence-electron chi connectivity index (χ1n) is 10.2. The summed E-state index contributed by atoms with van der Waals surface area (Å²) in [6.45, 7) is 6.09. The van der Waals surface area contributed by atoms with Gasteiger partial charge in [-0.3, -0.25) is 9.59 Å². The molecule has 2 aliphatic heterocycles. The average molecular weight is 445 g/mol. The third kappa shape index (κ3) is 4.71. The van der Waals surface area contributed by atoms with E-state index in [9.17, 15) is 14.7 Å². The van der Waals surface area contributed by atoms with E-state index in [1.807, 2.05) is 38.1 Å². The zero-order valence-electron chi connectivity index (χ0n) is 17.6. The highest BCUT2D eigenvalue weighted by atomic mass is 35.5. The molecule has 0 unspecified atom stereocenters. The Labute approximate surface area is 186 Å². The molecule has 31 heavy (non-hydrogen) atoms. The van der Waals surface area contributed by atoms with Crippen LogP contribution in [0.15, 0.2) is 36.4 Å². The summed E-state index contributed by atoms with van der Waals surface area (Å²) in [4.78, 5) is 28.9. The van der Waals surface area contributed by atoms with Crippen LogP contribution in [-0.4, -0.2) is 60.1 Å². The van der Waals surface area contributed by atoms with Gasteiger partial charge in [-0.25, -0.2) is 0 Å². The number of phenolic OH excluding ortho intramolecular Hbond substituents is 1. The van der Waals surface area contributed by atoms with E-state index in [0.717, 1.165) is 18.8 Å². The normalized spacial score (nSPS) is 17.7. The highest BCUT2D eigenvalue weighted by Crippen LogP contribution is 2.40. The van der Waals surface area contributed by atoms with E-state index in [1.54, 1.807) is 11.0 Å². The molecule has 0 aliphatic carbocycles. The van der Waals surface area contributed by atoms with Crippen molar-refractivity contribution in [3.63, 3.8) is 0 Å². The van der Waals surface area contributed by atoms with Gasteiger partial charge >= 0.3 is 0 Å². The summed E-state index contributed by atoms with van der Waals surface area (Å²) in [5.74, 6) is 0.0578. The van der Waals surface area contributed by atoms with Crippen molar-refractivity contribution in [1.29, 1.82) is 0 Å². The van der Waals surface area contributed by atoms with Gasteiger partial charge in [-0.15, -0.1) is 0 Å². The van der Waals surface area contributed by atoms with Gasteiger partial charge in [-0.1, -0.05) is 11.6 Å². The molecule has 0 atom stereocenters. The molecule has 0 spiro atoms. The molecule has 0 saturated carbocycles.